The second kappa shape index (κ2) is 1.89. The van der Waals surface area contributed by atoms with Gasteiger partial charge in [0.15, 0.2) is 0 Å². The highest BCUT2D eigenvalue weighted by Gasteiger charge is 2.42. The summed E-state index contributed by atoms with van der Waals surface area (Å²) in [5.41, 5.74) is 5.80. The van der Waals surface area contributed by atoms with Gasteiger partial charge in [-0.3, -0.25) is 0 Å². The Kier molecular flexibility index (Phi) is 1.27. The van der Waals surface area contributed by atoms with E-state index >= 15 is 0 Å². The third-order valence-electron chi connectivity index (χ3n) is 2.50. The van der Waals surface area contributed by atoms with Crippen LogP contribution in [-0.4, -0.2) is 16.5 Å². The predicted octanol–water partition coefficient (Wildman–Crippen LogP) is 1.37. The molecule has 1 heterocycles. The Hall–Kier alpha value is 0.310. The van der Waals surface area contributed by atoms with Crippen LogP contribution < -0.4 is 5.73 Å². The van der Waals surface area contributed by atoms with Crippen molar-refractivity contribution in [2.45, 2.75) is 36.5 Å². The van der Waals surface area contributed by atoms with Crippen LogP contribution in [0.25, 0.3) is 0 Å². The van der Waals surface area contributed by atoms with Gasteiger partial charge in [-0.2, -0.15) is 11.8 Å². The lowest BCUT2D eigenvalue weighted by atomic mass is 9.80. The lowest BCUT2D eigenvalue weighted by Gasteiger charge is -2.37. The summed E-state index contributed by atoms with van der Waals surface area (Å²) < 4.78 is 0.680. The van der Waals surface area contributed by atoms with Crippen LogP contribution in [-0.2, 0) is 0 Å². The maximum Gasteiger partial charge on any atom is 0.0175 e. The third-order valence-corrected chi connectivity index (χ3v) is 4.28. The van der Waals surface area contributed by atoms with Crippen molar-refractivity contribution in [2.75, 3.05) is 5.75 Å². The van der Waals surface area contributed by atoms with Gasteiger partial charge in [-0.25, -0.2) is 0 Å². The first-order chi connectivity index (χ1) is 4.31. The molecule has 1 nitrogen and oxygen atoms in total. The number of hydrogen-bond donors (Lipinski definition) is 1. The first-order valence-electron chi connectivity index (χ1n) is 3.70. The van der Waals surface area contributed by atoms with Gasteiger partial charge in [-0.1, -0.05) is 6.42 Å². The van der Waals surface area contributed by atoms with Crippen molar-refractivity contribution in [2.24, 2.45) is 5.73 Å². The normalized spacial score (nSPS) is 39.0. The second-order valence-electron chi connectivity index (χ2n) is 3.31. The molecule has 0 amide bonds. The van der Waals surface area contributed by atoms with Gasteiger partial charge < -0.3 is 5.73 Å². The Morgan fingerprint density at radius 1 is 1.44 bits per heavy atom. The molecule has 0 bridgehead atoms. The van der Waals surface area contributed by atoms with E-state index in [2.05, 4.69) is 11.8 Å². The molecule has 1 atom stereocenters. The van der Waals surface area contributed by atoms with Gasteiger partial charge in [0.1, 0.15) is 0 Å². The Balaban J connectivity index is 1.99. The lowest BCUT2D eigenvalue weighted by Crippen LogP contribution is -2.33. The summed E-state index contributed by atoms with van der Waals surface area (Å²) >= 11 is 2.11. The van der Waals surface area contributed by atoms with Gasteiger partial charge in [0.25, 0.3) is 0 Å². The Bertz CT molecular complexity index is 120. The monoisotopic (exact) mass is 143 g/mol. The largest absolute Gasteiger partial charge is 0.327 e. The van der Waals surface area contributed by atoms with Gasteiger partial charge in [0.2, 0.25) is 0 Å². The minimum Gasteiger partial charge on any atom is -0.327 e. The molecule has 1 saturated heterocycles. The Morgan fingerprint density at radius 2 is 2.22 bits per heavy atom. The number of rotatable bonds is 0. The highest BCUT2D eigenvalue weighted by atomic mass is 32.2. The third kappa shape index (κ3) is 0.887. The summed E-state index contributed by atoms with van der Waals surface area (Å²) in [5, 5.41) is 0. The summed E-state index contributed by atoms with van der Waals surface area (Å²) in [7, 11) is 0. The minimum atomic E-state index is 0.510. The van der Waals surface area contributed by atoms with Crippen molar-refractivity contribution < 1.29 is 0 Å². The van der Waals surface area contributed by atoms with Gasteiger partial charge in [-0.15, -0.1) is 0 Å². The van der Waals surface area contributed by atoms with Crippen LogP contribution >= 0.6 is 11.8 Å². The van der Waals surface area contributed by atoms with Crippen molar-refractivity contribution in [3.63, 3.8) is 0 Å². The van der Waals surface area contributed by atoms with Crippen molar-refractivity contribution in [3.05, 3.63) is 0 Å². The number of hydrogen-bond acceptors (Lipinski definition) is 2. The maximum atomic E-state index is 5.80. The van der Waals surface area contributed by atoms with Gasteiger partial charge >= 0.3 is 0 Å². The number of nitrogens with two attached hydrogens (primary N) is 1. The molecule has 2 fully saturated rings. The lowest BCUT2D eigenvalue weighted by molar-refractivity contribution is 0.342. The van der Waals surface area contributed by atoms with E-state index in [1.807, 2.05) is 0 Å². The highest BCUT2D eigenvalue weighted by molar-refractivity contribution is 8.01. The molecule has 2 heteroatoms. The first kappa shape index (κ1) is 6.05. The fraction of sp³-hybridized carbons (Fsp3) is 1.00. The minimum absolute atomic E-state index is 0.510. The van der Waals surface area contributed by atoms with E-state index in [9.17, 15) is 0 Å². The summed E-state index contributed by atoms with van der Waals surface area (Å²) in [6.45, 7) is 0. The molecule has 0 radical (unpaired) electrons. The fourth-order valence-corrected chi connectivity index (χ4v) is 3.39. The molecule has 1 saturated carbocycles. The predicted molar refractivity (Wildman–Crippen MR) is 41.6 cm³/mol. The molecule has 1 spiro atoms. The molecule has 2 aliphatic rings. The van der Waals surface area contributed by atoms with Crippen LogP contribution in [0.5, 0.6) is 0 Å². The van der Waals surface area contributed by atoms with Crippen LogP contribution in [0.15, 0.2) is 0 Å². The highest BCUT2D eigenvalue weighted by Crippen LogP contribution is 2.51. The van der Waals surface area contributed by atoms with Crippen molar-refractivity contribution >= 4 is 11.8 Å². The van der Waals surface area contributed by atoms with Crippen LogP contribution in [0.1, 0.15) is 25.7 Å². The maximum absolute atomic E-state index is 5.80. The van der Waals surface area contributed by atoms with Gasteiger partial charge in [0.05, 0.1) is 0 Å². The van der Waals surface area contributed by atoms with E-state index in [1.165, 1.54) is 31.4 Å². The first-order valence-corrected chi connectivity index (χ1v) is 4.69. The molecule has 2 N–H and O–H groups in total. The Morgan fingerprint density at radius 3 is 2.44 bits per heavy atom. The van der Waals surface area contributed by atoms with Crippen LogP contribution in [0.4, 0.5) is 0 Å². The molecule has 2 rings (SSSR count). The molecule has 0 aromatic heterocycles. The molecule has 9 heavy (non-hydrogen) atoms. The molecule has 1 aliphatic heterocycles. The quantitative estimate of drug-likeness (QED) is 0.554. The summed E-state index contributed by atoms with van der Waals surface area (Å²) in [6.07, 6.45) is 5.61. The molecule has 0 aromatic rings. The van der Waals surface area contributed by atoms with Crippen LogP contribution in [0.3, 0.4) is 0 Å². The molecule has 0 aromatic carbocycles. The van der Waals surface area contributed by atoms with Crippen molar-refractivity contribution in [3.8, 4) is 0 Å². The zero-order chi connectivity index (χ0) is 6.32. The SMILES string of the molecule is NC1CSC2(CCC2)C1. The van der Waals surface area contributed by atoms with Crippen molar-refractivity contribution in [1.82, 2.24) is 0 Å². The van der Waals surface area contributed by atoms with Crippen LogP contribution in [0, 0.1) is 0 Å². The summed E-state index contributed by atoms with van der Waals surface area (Å²) in [6, 6.07) is 0.510. The second-order valence-corrected chi connectivity index (χ2v) is 4.80. The van der Waals surface area contributed by atoms with Crippen molar-refractivity contribution in [1.29, 1.82) is 0 Å². The molecule has 1 unspecified atom stereocenters. The van der Waals surface area contributed by atoms with Gasteiger partial charge in [-0.05, 0) is 19.3 Å². The topological polar surface area (TPSA) is 26.0 Å². The smallest absolute Gasteiger partial charge is 0.0175 e. The average Bonchev–Trinajstić information content (AvgIpc) is 2.09. The van der Waals surface area contributed by atoms with E-state index in [-0.39, 0.29) is 0 Å². The average molecular weight is 143 g/mol. The summed E-state index contributed by atoms with van der Waals surface area (Å²) in [4.78, 5) is 0. The zero-order valence-electron chi connectivity index (χ0n) is 5.60. The zero-order valence-corrected chi connectivity index (χ0v) is 6.41. The fourth-order valence-electron chi connectivity index (χ4n) is 1.80. The summed E-state index contributed by atoms with van der Waals surface area (Å²) in [5.74, 6) is 1.21. The molecule has 52 valence electrons. The van der Waals surface area contributed by atoms with Crippen LogP contribution in [0.2, 0.25) is 0 Å². The standard InChI is InChI=1S/C7H13NS/c8-6-4-7(9-5-6)2-1-3-7/h6H,1-5,8H2. The van der Waals surface area contributed by atoms with E-state index in [4.69, 9.17) is 5.73 Å². The van der Waals surface area contributed by atoms with Gasteiger partial charge in [0, 0.05) is 16.5 Å². The Labute approximate surface area is 60.4 Å². The van der Waals surface area contributed by atoms with E-state index in [0.717, 1.165) is 0 Å². The number of thioether (sulfide) groups is 1. The molecular formula is C7H13NS. The van der Waals surface area contributed by atoms with E-state index in [0.29, 0.717) is 10.8 Å². The van der Waals surface area contributed by atoms with E-state index < -0.39 is 0 Å². The molecule has 1 aliphatic carbocycles. The molecular weight excluding hydrogens is 130 g/mol. The van der Waals surface area contributed by atoms with E-state index in [1.54, 1.807) is 0 Å².